The third kappa shape index (κ3) is 6.75. The van der Waals surface area contributed by atoms with Gasteiger partial charge in [0.15, 0.2) is 6.61 Å². The van der Waals surface area contributed by atoms with Crippen molar-refractivity contribution < 1.29 is 19.2 Å². The number of piperidine rings is 1. The molecule has 0 spiro atoms. The molecule has 0 saturated carbocycles. The van der Waals surface area contributed by atoms with Crippen LogP contribution < -0.4 is 20.1 Å². The number of halogens is 1. The molecule has 1 amide bonds. The van der Waals surface area contributed by atoms with Gasteiger partial charge in [0.25, 0.3) is 5.91 Å². The number of methoxy groups -OCH3 is 1. The molecule has 1 fully saturated rings. The first-order valence-corrected chi connectivity index (χ1v) is 8.03. The Balaban J connectivity index is 0.00000312. The number of amides is 1. The summed E-state index contributed by atoms with van der Waals surface area (Å²) in [6.45, 7) is 2.58. The van der Waals surface area contributed by atoms with Crippen molar-refractivity contribution in [2.45, 2.75) is 19.3 Å². The summed E-state index contributed by atoms with van der Waals surface area (Å²) in [6.07, 6.45) is 3.33. The van der Waals surface area contributed by atoms with Crippen LogP contribution >= 0.6 is 12.4 Å². The van der Waals surface area contributed by atoms with E-state index in [1.54, 1.807) is 0 Å². The topological polar surface area (TPSA) is 103 Å². The Labute approximate surface area is 152 Å². The first kappa shape index (κ1) is 21.0. The fourth-order valence-electron chi connectivity index (χ4n) is 2.68. The average Bonchev–Trinajstić information content (AvgIpc) is 2.60. The molecule has 1 atom stereocenters. The highest BCUT2D eigenvalue weighted by Gasteiger charge is 2.16. The van der Waals surface area contributed by atoms with E-state index in [2.05, 4.69) is 10.6 Å². The molecule has 140 valence electrons. The lowest BCUT2D eigenvalue weighted by Gasteiger charge is -2.22. The molecule has 1 aliphatic heterocycles. The Bertz CT molecular complexity index is 579. The Kier molecular flexibility index (Phi) is 9.01. The number of carbonyl (C=O) groups is 1. The largest absolute Gasteiger partial charge is 0.490 e. The van der Waals surface area contributed by atoms with Crippen LogP contribution in [-0.4, -0.2) is 44.2 Å². The minimum Gasteiger partial charge on any atom is -0.490 e. The molecular formula is C16H24ClN3O5. The number of carbonyl (C=O) groups excluding carboxylic acids is 1. The number of benzene rings is 1. The van der Waals surface area contributed by atoms with E-state index in [0.717, 1.165) is 19.5 Å². The van der Waals surface area contributed by atoms with E-state index in [-0.39, 0.29) is 36.4 Å². The van der Waals surface area contributed by atoms with Gasteiger partial charge in [0, 0.05) is 18.7 Å². The van der Waals surface area contributed by atoms with E-state index in [4.69, 9.17) is 9.47 Å². The summed E-state index contributed by atoms with van der Waals surface area (Å²) in [7, 11) is 1.35. The van der Waals surface area contributed by atoms with Gasteiger partial charge in [0.2, 0.25) is 5.75 Å². The van der Waals surface area contributed by atoms with Crippen molar-refractivity contribution >= 4 is 24.0 Å². The second-order valence-corrected chi connectivity index (χ2v) is 5.73. The zero-order valence-corrected chi connectivity index (χ0v) is 15.0. The summed E-state index contributed by atoms with van der Waals surface area (Å²) < 4.78 is 10.3. The number of hydrogen-bond acceptors (Lipinski definition) is 6. The third-order valence-corrected chi connectivity index (χ3v) is 3.99. The van der Waals surface area contributed by atoms with Gasteiger partial charge in [-0.25, -0.2) is 0 Å². The summed E-state index contributed by atoms with van der Waals surface area (Å²) in [4.78, 5) is 22.1. The molecule has 9 heteroatoms. The average molecular weight is 374 g/mol. The third-order valence-electron chi connectivity index (χ3n) is 3.99. The second-order valence-electron chi connectivity index (χ2n) is 5.73. The van der Waals surface area contributed by atoms with Gasteiger partial charge in [-0.1, -0.05) is 0 Å². The molecule has 1 heterocycles. The van der Waals surface area contributed by atoms with Crippen LogP contribution in [0.15, 0.2) is 18.2 Å². The van der Waals surface area contributed by atoms with Crippen molar-refractivity contribution in [1.82, 2.24) is 10.6 Å². The van der Waals surface area contributed by atoms with Crippen molar-refractivity contribution in [3.05, 3.63) is 28.3 Å². The van der Waals surface area contributed by atoms with Crippen molar-refractivity contribution in [3.8, 4) is 11.5 Å². The number of ether oxygens (including phenoxy) is 2. The standard InChI is InChI=1S/C16H23N3O5.ClH/c1-23-15-9-13(4-5-14(15)19(21)22)24-11-16(20)18-8-6-12-3-2-7-17-10-12;/h4-5,9,12,17H,2-3,6-8,10-11H2,1H3,(H,18,20);1H. The summed E-state index contributed by atoms with van der Waals surface area (Å²) in [5.74, 6) is 0.849. The van der Waals surface area contributed by atoms with Crippen LogP contribution in [0, 0.1) is 16.0 Å². The van der Waals surface area contributed by atoms with Crippen LogP contribution in [0.4, 0.5) is 5.69 Å². The van der Waals surface area contributed by atoms with Crippen LogP contribution in [0.3, 0.4) is 0 Å². The Morgan fingerprint density at radius 2 is 2.28 bits per heavy atom. The molecule has 0 bridgehead atoms. The van der Waals surface area contributed by atoms with E-state index < -0.39 is 4.92 Å². The van der Waals surface area contributed by atoms with E-state index >= 15 is 0 Å². The summed E-state index contributed by atoms with van der Waals surface area (Å²) in [5.41, 5.74) is -0.143. The number of nitro benzene ring substituents is 1. The molecule has 0 radical (unpaired) electrons. The molecule has 8 nitrogen and oxygen atoms in total. The number of nitrogens with zero attached hydrogens (tertiary/aromatic N) is 1. The number of nitro groups is 1. The lowest BCUT2D eigenvalue weighted by Crippen LogP contribution is -2.34. The van der Waals surface area contributed by atoms with Gasteiger partial charge in [-0.3, -0.25) is 14.9 Å². The number of nitrogens with one attached hydrogen (secondary N) is 2. The highest BCUT2D eigenvalue weighted by Crippen LogP contribution is 2.30. The molecule has 1 aromatic carbocycles. The first-order chi connectivity index (χ1) is 11.6. The zero-order valence-electron chi connectivity index (χ0n) is 14.2. The Hall–Kier alpha value is -2.06. The molecule has 1 aliphatic rings. The van der Waals surface area contributed by atoms with Crippen molar-refractivity contribution in [2.75, 3.05) is 33.4 Å². The normalized spacial score (nSPS) is 16.4. The quantitative estimate of drug-likeness (QED) is 0.533. The van der Waals surface area contributed by atoms with Gasteiger partial charge in [0.1, 0.15) is 5.75 Å². The molecule has 2 N–H and O–H groups in total. The van der Waals surface area contributed by atoms with E-state index in [9.17, 15) is 14.9 Å². The van der Waals surface area contributed by atoms with Crippen LogP contribution in [0.1, 0.15) is 19.3 Å². The minimum absolute atomic E-state index is 0. The molecule has 0 aliphatic carbocycles. The van der Waals surface area contributed by atoms with Gasteiger partial charge >= 0.3 is 5.69 Å². The molecule has 2 rings (SSSR count). The van der Waals surface area contributed by atoms with Crippen molar-refractivity contribution in [1.29, 1.82) is 0 Å². The van der Waals surface area contributed by atoms with E-state index in [0.29, 0.717) is 18.2 Å². The first-order valence-electron chi connectivity index (χ1n) is 8.03. The molecular weight excluding hydrogens is 350 g/mol. The Morgan fingerprint density at radius 1 is 1.48 bits per heavy atom. The van der Waals surface area contributed by atoms with Crippen LogP contribution in [0.2, 0.25) is 0 Å². The predicted molar refractivity (Wildman–Crippen MR) is 95.6 cm³/mol. The number of hydrogen-bond donors (Lipinski definition) is 2. The predicted octanol–water partition coefficient (Wildman–Crippen LogP) is 1.91. The summed E-state index contributed by atoms with van der Waals surface area (Å²) in [6, 6.07) is 4.14. The zero-order chi connectivity index (χ0) is 17.4. The maximum atomic E-state index is 11.8. The molecule has 1 saturated heterocycles. The molecule has 1 aromatic rings. The fraction of sp³-hybridized carbons (Fsp3) is 0.562. The minimum atomic E-state index is -0.532. The lowest BCUT2D eigenvalue weighted by molar-refractivity contribution is -0.385. The van der Waals surface area contributed by atoms with Crippen molar-refractivity contribution in [2.24, 2.45) is 5.92 Å². The van der Waals surface area contributed by atoms with Gasteiger partial charge in [-0.2, -0.15) is 0 Å². The molecule has 25 heavy (non-hydrogen) atoms. The number of rotatable bonds is 8. The monoisotopic (exact) mass is 373 g/mol. The summed E-state index contributed by atoms with van der Waals surface area (Å²) >= 11 is 0. The second kappa shape index (κ2) is 10.7. The highest BCUT2D eigenvalue weighted by molar-refractivity contribution is 5.85. The molecule has 1 unspecified atom stereocenters. The van der Waals surface area contributed by atoms with E-state index in [1.807, 2.05) is 0 Å². The van der Waals surface area contributed by atoms with Crippen molar-refractivity contribution in [3.63, 3.8) is 0 Å². The van der Waals surface area contributed by atoms with Crippen LogP contribution in [0.5, 0.6) is 11.5 Å². The maximum absolute atomic E-state index is 11.8. The maximum Gasteiger partial charge on any atom is 0.311 e. The van der Waals surface area contributed by atoms with Gasteiger partial charge < -0.3 is 20.1 Å². The molecule has 0 aromatic heterocycles. The smallest absolute Gasteiger partial charge is 0.311 e. The van der Waals surface area contributed by atoms with Crippen LogP contribution in [-0.2, 0) is 4.79 Å². The van der Waals surface area contributed by atoms with Gasteiger partial charge in [-0.15, -0.1) is 12.4 Å². The van der Waals surface area contributed by atoms with Gasteiger partial charge in [-0.05, 0) is 44.3 Å². The lowest BCUT2D eigenvalue weighted by atomic mass is 9.96. The Morgan fingerprint density at radius 3 is 2.92 bits per heavy atom. The SMILES string of the molecule is COc1cc(OCC(=O)NCCC2CCCNC2)ccc1[N+](=O)[O-].Cl. The van der Waals surface area contributed by atoms with E-state index in [1.165, 1.54) is 38.2 Å². The fourth-order valence-corrected chi connectivity index (χ4v) is 2.68. The summed E-state index contributed by atoms with van der Waals surface area (Å²) in [5, 5.41) is 17.0. The van der Waals surface area contributed by atoms with Gasteiger partial charge in [0.05, 0.1) is 12.0 Å². The highest BCUT2D eigenvalue weighted by atomic mass is 35.5. The van der Waals surface area contributed by atoms with Crippen LogP contribution in [0.25, 0.3) is 0 Å².